The van der Waals surface area contributed by atoms with Crippen molar-refractivity contribution < 1.29 is 18.8 Å². The first-order chi connectivity index (χ1) is 13.3. The number of hydrogen-bond acceptors (Lipinski definition) is 4. The third-order valence-corrected chi connectivity index (χ3v) is 7.62. The van der Waals surface area contributed by atoms with E-state index in [1.165, 1.54) is 12.8 Å². The second-order valence-corrected chi connectivity index (χ2v) is 11.3. The van der Waals surface area contributed by atoms with E-state index in [-0.39, 0.29) is 22.6 Å². The quantitative estimate of drug-likeness (QED) is 0.682. The highest BCUT2D eigenvalue weighted by Gasteiger charge is 2.78. The van der Waals surface area contributed by atoms with Crippen molar-refractivity contribution in [3.05, 3.63) is 30.5 Å². The second-order valence-electron chi connectivity index (χ2n) is 11.3. The maximum Gasteiger partial charge on any atom is 0.418 e. The largest absolute Gasteiger partial charge is 0.558 e. The number of fused-ring (bicyclic) bond motifs is 2. The third kappa shape index (κ3) is 2.58. The highest BCUT2D eigenvalue weighted by Crippen LogP contribution is 2.87. The maximum absolute atomic E-state index is 12.6. The fourth-order valence-electron chi connectivity index (χ4n) is 5.07. The van der Waals surface area contributed by atoms with Crippen molar-refractivity contribution in [2.24, 2.45) is 5.92 Å². The minimum absolute atomic E-state index is 0.173. The van der Waals surface area contributed by atoms with Crippen LogP contribution in [0.2, 0.25) is 5.31 Å². The van der Waals surface area contributed by atoms with E-state index in [1.54, 1.807) is 10.8 Å². The summed E-state index contributed by atoms with van der Waals surface area (Å²) in [6.07, 6.45) is 3.80. The summed E-state index contributed by atoms with van der Waals surface area (Å²) in [5, 5.41) is 1.17. The average Bonchev–Trinajstić information content (AvgIpc) is 3.36. The Morgan fingerprint density at radius 2 is 1.69 bits per heavy atom. The third-order valence-electron chi connectivity index (χ3n) is 7.62. The number of hydrogen-bond donors (Lipinski definition) is 0. The van der Waals surface area contributed by atoms with Gasteiger partial charge in [0.1, 0.15) is 5.60 Å². The predicted molar refractivity (Wildman–Crippen MR) is 115 cm³/mol. The Labute approximate surface area is 172 Å². The minimum Gasteiger partial charge on any atom is -0.558 e. The molecule has 1 aromatic heterocycles. The number of rotatable bonds is 2. The van der Waals surface area contributed by atoms with Crippen LogP contribution in [0.25, 0.3) is 10.9 Å². The number of benzene rings is 1. The molecule has 5 rings (SSSR count). The van der Waals surface area contributed by atoms with Gasteiger partial charge >= 0.3 is 6.09 Å². The SMILES string of the molecule is CC(C)(C)OC(=O)n1ccc2cc([B-]3(C45CC4C5)OC(C)(C)C(C)(C)O3)ccc21. The molecule has 0 atom stereocenters. The normalized spacial score (nSPS) is 30.8. The fourth-order valence-corrected chi connectivity index (χ4v) is 5.07. The highest BCUT2D eigenvalue weighted by atomic mass is 16.7. The average molecular weight is 396 g/mol. The summed E-state index contributed by atoms with van der Waals surface area (Å²) >= 11 is 0. The number of aromatic nitrogens is 1. The Balaban J connectivity index is 1.56. The highest BCUT2D eigenvalue weighted by molar-refractivity contribution is 6.86. The molecule has 2 aromatic rings. The van der Waals surface area contributed by atoms with Gasteiger partial charge in [0.2, 0.25) is 0 Å². The molecule has 3 fully saturated rings. The summed E-state index contributed by atoms with van der Waals surface area (Å²) in [7, 11) is 0. The first-order valence-corrected chi connectivity index (χ1v) is 10.7. The van der Waals surface area contributed by atoms with Crippen LogP contribution >= 0.6 is 0 Å². The maximum atomic E-state index is 12.6. The van der Waals surface area contributed by atoms with E-state index in [4.69, 9.17) is 14.0 Å². The number of nitrogens with zero attached hydrogens (tertiary/aromatic N) is 1. The van der Waals surface area contributed by atoms with Crippen LogP contribution in [-0.4, -0.2) is 34.0 Å². The lowest BCUT2D eigenvalue weighted by atomic mass is 9.43. The molecule has 0 radical (unpaired) electrons. The summed E-state index contributed by atoms with van der Waals surface area (Å²) in [4.78, 5) is 12.6. The van der Waals surface area contributed by atoms with Crippen LogP contribution in [0.15, 0.2) is 30.5 Å². The molecule has 0 N–H and O–H groups in total. The van der Waals surface area contributed by atoms with Gasteiger partial charge in [-0.25, -0.2) is 4.79 Å². The van der Waals surface area contributed by atoms with E-state index in [0.29, 0.717) is 0 Å². The summed E-state index contributed by atoms with van der Waals surface area (Å²) in [6, 6.07) is 8.20. The Kier molecular flexibility index (Phi) is 3.49. The van der Waals surface area contributed by atoms with Crippen molar-refractivity contribution in [3.63, 3.8) is 0 Å². The molecule has 156 valence electrons. The Bertz CT molecular complexity index is 1010. The van der Waals surface area contributed by atoms with Crippen molar-refractivity contribution >= 4 is 29.0 Å². The molecule has 3 aliphatic rings. The number of carbonyl (C=O) groups excluding carboxylic acids is 1. The zero-order chi connectivity index (χ0) is 21.0. The Morgan fingerprint density at radius 3 is 2.21 bits per heavy atom. The molecule has 1 aliphatic heterocycles. The standard InChI is InChI=1S/C23H31BNO4/c1-20(2,3)27-19(26)25-11-10-15-12-17(8-9-18(15)25)24(23-13-16(23)14-23)28-21(4,5)22(6,7)29-24/h8-12,16H,13-14H2,1-7H3/q-1. The van der Waals surface area contributed by atoms with E-state index in [0.717, 1.165) is 22.3 Å². The van der Waals surface area contributed by atoms with Gasteiger partial charge in [-0.2, -0.15) is 5.46 Å². The Hall–Kier alpha value is -1.79. The van der Waals surface area contributed by atoms with Gasteiger partial charge in [0.05, 0.1) is 5.52 Å². The monoisotopic (exact) mass is 396 g/mol. The van der Waals surface area contributed by atoms with Gasteiger partial charge in [0.15, 0.2) is 0 Å². The molecule has 5 nitrogen and oxygen atoms in total. The van der Waals surface area contributed by atoms with E-state index in [1.807, 2.05) is 32.9 Å². The molecule has 29 heavy (non-hydrogen) atoms. The van der Waals surface area contributed by atoms with Crippen molar-refractivity contribution in [3.8, 4) is 0 Å². The summed E-state index contributed by atoms with van der Waals surface area (Å²) in [5.41, 5.74) is 0.684. The molecule has 0 spiro atoms. The topological polar surface area (TPSA) is 49.7 Å². The van der Waals surface area contributed by atoms with E-state index in [2.05, 4.69) is 39.8 Å². The van der Waals surface area contributed by atoms with Crippen LogP contribution in [0, 0.1) is 5.92 Å². The van der Waals surface area contributed by atoms with Crippen LogP contribution in [0.5, 0.6) is 0 Å². The summed E-state index contributed by atoms with van der Waals surface area (Å²) in [6.45, 7) is 12.6. The van der Waals surface area contributed by atoms with Crippen molar-refractivity contribution in [1.29, 1.82) is 0 Å². The predicted octanol–water partition coefficient (Wildman–Crippen LogP) is 4.84. The smallest absolute Gasteiger partial charge is 0.418 e. The molecule has 2 aliphatic carbocycles. The molecule has 2 saturated carbocycles. The van der Waals surface area contributed by atoms with Gasteiger partial charge in [-0.3, -0.25) is 4.57 Å². The van der Waals surface area contributed by atoms with Crippen LogP contribution < -0.4 is 5.46 Å². The van der Waals surface area contributed by atoms with Gasteiger partial charge in [0, 0.05) is 17.4 Å². The van der Waals surface area contributed by atoms with Gasteiger partial charge in [-0.05, 0) is 66.0 Å². The fraction of sp³-hybridized carbons (Fsp3) is 0.609. The summed E-state index contributed by atoms with van der Waals surface area (Å²) in [5.74, 6) is 0.731. The lowest BCUT2D eigenvalue weighted by Crippen LogP contribution is -2.54. The number of carbonyl (C=O) groups is 1. The molecule has 1 saturated heterocycles. The van der Waals surface area contributed by atoms with Gasteiger partial charge in [0.25, 0.3) is 6.55 Å². The first kappa shape index (κ1) is 19.2. The van der Waals surface area contributed by atoms with Crippen molar-refractivity contribution in [1.82, 2.24) is 4.57 Å². The second kappa shape index (κ2) is 5.27. The minimum atomic E-state index is -1.56. The van der Waals surface area contributed by atoms with Crippen molar-refractivity contribution in [2.45, 2.75) is 83.4 Å². The zero-order valence-electron chi connectivity index (χ0n) is 18.5. The van der Waals surface area contributed by atoms with Gasteiger partial charge in [-0.1, -0.05) is 36.2 Å². The van der Waals surface area contributed by atoms with Crippen LogP contribution in [0.4, 0.5) is 4.79 Å². The molecule has 0 amide bonds. The van der Waals surface area contributed by atoms with Gasteiger partial charge in [-0.15, -0.1) is 0 Å². The molecule has 0 bridgehead atoms. The van der Waals surface area contributed by atoms with Crippen LogP contribution in [0.3, 0.4) is 0 Å². The Morgan fingerprint density at radius 1 is 1.10 bits per heavy atom. The molecule has 1 aromatic carbocycles. The van der Waals surface area contributed by atoms with Crippen LogP contribution in [-0.2, 0) is 14.0 Å². The van der Waals surface area contributed by atoms with Crippen LogP contribution in [0.1, 0.15) is 61.3 Å². The van der Waals surface area contributed by atoms with E-state index >= 15 is 0 Å². The first-order valence-electron chi connectivity index (χ1n) is 10.7. The molecular formula is C23H31BNO4-. The molecule has 2 heterocycles. The van der Waals surface area contributed by atoms with Crippen molar-refractivity contribution in [2.75, 3.05) is 0 Å². The zero-order valence-corrected chi connectivity index (χ0v) is 18.5. The molecule has 0 unspecified atom stereocenters. The van der Waals surface area contributed by atoms with E-state index in [9.17, 15) is 4.79 Å². The number of ether oxygens (including phenoxy) is 1. The molecular weight excluding hydrogens is 365 g/mol. The lowest BCUT2D eigenvalue weighted by Gasteiger charge is -2.41. The molecule has 6 heteroatoms. The van der Waals surface area contributed by atoms with E-state index < -0.39 is 12.2 Å². The lowest BCUT2D eigenvalue weighted by molar-refractivity contribution is 0.00578. The van der Waals surface area contributed by atoms with Gasteiger partial charge < -0.3 is 14.0 Å². The summed E-state index contributed by atoms with van der Waals surface area (Å²) < 4.78 is 20.8.